The molecule has 2 unspecified atom stereocenters. The largest absolute Gasteiger partial charge is 0.399 e. The number of nitrogen functional groups attached to an aromatic ring is 1. The number of anilines is 2. The Kier molecular flexibility index (Phi) is 3.05. The Balaban J connectivity index is 1.34. The van der Waals surface area contributed by atoms with Crippen molar-refractivity contribution in [2.24, 2.45) is 17.8 Å². The van der Waals surface area contributed by atoms with Gasteiger partial charge in [-0.3, -0.25) is 4.79 Å². The molecule has 1 aromatic carbocycles. The summed E-state index contributed by atoms with van der Waals surface area (Å²) in [5.74, 6) is 2.27. The predicted octanol–water partition coefficient (Wildman–Crippen LogP) is 1.96. The Bertz CT molecular complexity index is 523. The van der Waals surface area contributed by atoms with E-state index in [2.05, 4.69) is 21.9 Å². The van der Waals surface area contributed by atoms with Crippen LogP contribution in [-0.4, -0.2) is 37.0 Å². The Morgan fingerprint density at radius 2 is 1.62 bits per heavy atom. The summed E-state index contributed by atoms with van der Waals surface area (Å²) in [6.07, 6.45) is 3.91. The van der Waals surface area contributed by atoms with Crippen LogP contribution in [0, 0.1) is 17.8 Å². The Labute approximate surface area is 125 Å². The average Bonchev–Trinajstić information content (AvgIpc) is 2.99. The first-order valence-corrected chi connectivity index (χ1v) is 8.13. The lowest BCUT2D eigenvalue weighted by Crippen LogP contribution is -2.49. The van der Waals surface area contributed by atoms with Crippen LogP contribution in [0.4, 0.5) is 11.4 Å². The molecule has 1 heterocycles. The van der Waals surface area contributed by atoms with Gasteiger partial charge in [0.25, 0.3) is 0 Å². The molecule has 2 N–H and O–H groups in total. The maximum absolute atomic E-state index is 12.6. The van der Waals surface area contributed by atoms with Crippen LogP contribution in [0.25, 0.3) is 0 Å². The predicted molar refractivity (Wildman–Crippen MR) is 84.0 cm³/mol. The Morgan fingerprint density at radius 3 is 2.24 bits per heavy atom. The number of rotatable bonds is 2. The van der Waals surface area contributed by atoms with Crippen LogP contribution in [0.1, 0.15) is 19.3 Å². The van der Waals surface area contributed by atoms with E-state index >= 15 is 0 Å². The van der Waals surface area contributed by atoms with Crippen molar-refractivity contribution in [2.75, 3.05) is 36.8 Å². The lowest BCUT2D eigenvalue weighted by atomic mass is 10.1. The highest BCUT2D eigenvalue weighted by molar-refractivity contribution is 5.83. The number of carbonyl (C=O) groups excluding carboxylic acids is 1. The van der Waals surface area contributed by atoms with Crippen LogP contribution in [0.3, 0.4) is 0 Å². The number of benzene rings is 1. The standard InChI is InChI=1S/C17H23N3O/c18-12-4-6-13(7-5-12)19-8-10-20(11-9-19)17(21)16-14-2-1-3-15(14)16/h4-7,14-16H,1-3,8-11,18H2. The van der Waals surface area contributed by atoms with E-state index < -0.39 is 0 Å². The molecule has 1 aromatic rings. The van der Waals surface area contributed by atoms with Crippen molar-refractivity contribution in [3.05, 3.63) is 24.3 Å². The summed E-state index contributed by atoms with van der Waals surface area (Å²) >= 11 is 0. The molecule has 4 rings (SSSR count). The number of nitrogens with zero attached hydrogens (tertiary/aromatic N) is 2. The molecule has 112 valence electrons. The highest BCUT2D eigenvalue weighted by Gasteiger charge is 2.57. The van der Waals surface area contributed by atoms with Crippen LogP contribution in [0.2, 0.25) is 0 Å². The molecular weight excluding hydrogens is 262 g/mol. The van der Waals surface area contributed by atoms with E-state index in [1.54, 1.807) is 0 Å². The fourth-order valence-electron chi connectivity index (χ4n) is 4.27. The van der Waals surface area contributed by atoms with Gasteiger partial charge in [-0.2, -0.15) is 0 Å². The first-order valence-electron chi connectivity index (χ1n) is 8.13. The zero-order chi connectivity index (χ0) is 14.4. The summed E-state index contributed by atoms with van der Waals surface area (Å²) < 4.78 is 0. The quantitative estimate of drug-likeness (QED) is 0.845. The normalized spacial score (nSPS) is 31.1. The van der Waals surface area contributed by atoms with E-state index in [0.717, 1.165) is 43.7 Å². The number of piperazine rings is 1. The molecule has 4 nitrogen and oxygen atoms in total. The van der Waals surface area contributed by atoms with Crippen molar-refractivity contribution in [1.82, 2.24) is 4.90 Å². The summed E-state index contributed by atoms with van der Waals surface area (Å²) in [6, 6.07) is 8.02. The maximum Gasteiger partial charge on any atom is 0.226 e. The summed E-state index contributed by atoms with van der Waals surface area (Å²) in [6.45, 7) is 3.58. The zero-order valence-electron chi connectivity index (χ0n) is 12.4. The lowest BCUT2D eigenvalue weighted by molar-refractivity contribution is -0.133. The van der Waals surface area contributed by atoms with E-state index in [0.29, 0.717) is 11.8 Å². The number of fused-ring (bicyclic) bond motifs is 1. The van der Waals surface area contributed by atoms with Gasteiger partial charge in [0.15, 0.2) is 0 Å². The van der Waals surface area contributed by atoms with Crippen LogP contribution in [0.15, 0.2) is 24.3 Å². The minimum absolute atomic E-state index is 0.377. The van der Waals surface area contributed by atoms with E-state index in [1.165, 1.54) is 24.9 Å². The molecule has 2 atom stereocenters. The van der Waals surface area contributed by atoms with Crippen molar-refractivity contribution in [2.45, 2.75) is 19.3 Å². The molecule has 1 amide bonds. The average molecular weight is 285 g/mol. The van der Waals surface area contributed by atoms with E-state index in [9.17, 15) is 4.79 Å². The van der Waals surface area contributed by atoms with Crippen molar-refractivity contribution in [3.8, 4) is 0 Å². The van der Waals surface area contributed by atoms with Crippen molar-refractivity contribution >= 4 is 17.3 Å². The van der Waals surface area contributed by atoms with Gasteiger partial charge in [0, 0.05) is 43.5 Å². The molecule has 3 aliphatic rings. The maximum atomic E-state index is 12.6. The van der Waals surface area contributed by atoms with Gasteiger partial charge in [-0.1, -0.05) is 6.42 Å². The molecule has 0 bridgehead atoms. The molecule has 21 heavy (non-hydrogen) atoms. The minimum atomic E-state index is 0.377. The fraction of sp³-hybridized carbons (Fsp3) is 0.588. The molecule has 2 saturated carbocycles. The van der Waals surface area contributed by atoms with Gasteiger partial charge >= 0.3 is 0 Å². The molecule has 0 radical (unpaired) electrons. The Morgan fingerprint density at radius 1 is 1.00 bits per heavy atom. The van der Waals surface area contributed by atoms with Gasteiger partial charge < -0.3 is 15.5 Å². The summed E-state index contributed by atoms with van der Waals surface area (Å²) in [4.78, 5) is 17.0. The molecule has 1 saturated heterocycles. The fourth-order valence-corrected chi connectivity index (χ4v) is 4.27. The van der Waals surface area contributed by atoms with Crippen LogP contribution < -0.4 is 10.6 Å². The van der Waals surface area contributed by atoms with Crippen molar-refractivity contribution < 1.29 is 4.79 Å². The smallest absolute Gasteiger partial charge is 0.226 e. The molecule has 2 aliphatic carbocycles. The SMILES string of the molecule is Nc1ccc(N2CCN(C(=O)C3C4CCCC43)CC2)cc1. The van der Waals surface area contributed by atoms with Gasteiger partial charge in [-0.05, 0) is 48.9 Å². The second-order valence-electron chi connectivity index (χ2n) is 6.69. The summed E-state index contributed by atoms with van der Waals surface area (Å²) in [5, 5.41) is 0. The number of hydrogen-bond acceptors (Lipinski definition) is 3. The third kappa shape index (κ3) is 2.27. The van der Waals surface area contributed by atoms with E-state index in [4.69, 9.17) is 5.73 Å². The van der Waals surface area contributed by atoms with E-state index in [1.807, 2.05) is 12.1 Å². The minimum Gasteiger partial charge on any atom is -0.399 e. The number of amides is 1. The van der Waals surface area contributed by atoms with Crippen molar-refractivity contribution in [3.63, 3.8) is 0 Å². The third-order valence-corrected chi connectivity index (χ3v) is 5.54. The van der Waals surface area contributed by atoms with Gasteiger partial charge in [-0.15, -0.1) is 0 Å². The second kappa shape index (κ2) is 4.93. The Hall–Kier alpha value is -1.71. The first-order chi connectivity index (χ1) is 10.2. The zero-order valence-corrected chi connectivity index (χ0v) is 12.4. The number of carbonyl (C=O) groups is 1. The van der Waals surface area contributed by atoms with Gasteiger partial charge in [0.2, 0.25) is 5.91 Å². The lowest BCUT2D eigenvalue weighted by Gasteiger charge is -2.36. The van der Waals surface area contributed by atoms with Crippen LogP contribution in [0.5, 0.6) is 0 Å². The van der Waals surface area contributed by atoms with E-state index in [-0.39, 0.29) is 0 Å². The summed E-state index contributed by atoms with van der Waals surface area (Å²) in [7, 11) is 0. The second-order valence-corrected chi connectivity index (χ2v) is 6.69. The number of nitrogens with two attached hydrogens (primary N) is 1. The monoisotopic (exact) mass is 285 g/mol. The number of hydrogen-bond donors (Lipinski definition) is 1. The molecule has 3 fully saturated rings. The molecule has 0 spiro atoms. The highest BCUT2D eigenvalue weighted by Crippen LogP contribution is 2.58. The highest BCUT2D eigenvalue weighted by atomic mass is 16.2. The molecular formula is C17H23N3O. The first kappa shape index (κ1) is 13.0. The molecule has 1 aliphatic heterocycles. The topological polar surface area (TPSA) is 49.6 Å². The molecule has 0 aromatic heterocycles. The van der Waals surface area contributed by atoms with Crippen molar-refractivity contribution in [1.29, 1.82) is 0 Å². The summed E-state index contributed by atoms with van der Waals surface area (Å²) in [5.41, 5.74) is 7.74. The molecule has 4 heteroatoms. The van der Waals surface area contributed by atoms with Crippen LogP contribution in [-0.2, 0) is 4.79 Å². The van der Waals surface area contributed by atoms with Gasteiger partial charge in [0.1, 0.15) is 0 Å². The van der Waals surface area contributed by atoms with Crippen LogP contribution >= 0.6 is 0 Å². The third-order valence-electron chi connectivity index (χ3n) is 5.54. The van der Waals surface area contributed by atoms with Gasteiger partial charge in [0.05, 0.1) is 0 Å². The van der Waals surface area contributed by atoms with Gasteiger partial charge in [-0.25, -0.2) is 0 Å².